The molecule has 4 heteroatoms. The molecule has 0 saturated carbocycles. The van der Waals surface area contributed by atoms with Crippen molar-refractivity contribution in [2.75, 3.05) is 0 Å². The maximum atomic E-state index is 5.62. The molecule has 4 nitrogen and oxygen atoms in total. The van der Waals surface area contributed by atoms with Crippen molar-refractivity contribution in [2.24, 2.45) is 0 Å². The smallest absolute Gasteiger partial charge is 0.0562 e. The Morgan fingerprint density at radius 1 is 0.446 bits per heavy atom. The molecule has 2 aromatic heterocycles. The molecule has 10 aromatic rings. The van der Waals surface area contributed by atoms with Crippen LogP contribution in [0, 0.1) is 0 Å². The van der Waals surface area contributed by atoms with Crippen LogP contribution >= 0.6 is 0 Å². The van der Waals surface area contributed by atoms with Crippen LogP contribution in [-0.2, 0) is 6.54 Å². The first-order chi connectivity index (χ1) is 27.7. The molecule has 0 N–H and O–H groups in total. The Bertz CT molecular complexity index is 3050. The summed E-state index contributed by atoms with van der Waals surface area (Å²) < 4.78 is 4.89. The van der Waals surface area contributed by atoms with Gasteiger partial charge in [-0.1, -0.05) is 170 Å². The van der Waals surface area contributed by atoms with Crippen molar-refractivity contribution in [1.29, 1.82) is 0 Å². The third-order valence-electron chi connectivity index (χ3n) is 12.1. The van der Waals surface area contributed by atoms with Crippen molar-refractivity contribution in [3.05, 3.63) is 210 Å². The fourth-order valence-corrected chi connectivity index (χ4v) is 9.53. The van der Waals surface area contributed by atoms with Crippen molar-refractivity contribution in [3.8, 4) is 11.4 Å². The SMILES string of the molecule is CCC1C(c2ccccc2)[N-]C(c2ccc3ccccc3c2)N1Cc1cccc(-n2c3ccccc3c3cc4c5ccccc5n(-c5ccccc5)c4cc32)c1. The Morgan fingerprint density at radius 2 is 1.05 bits per heavy atom. The van der Waals surface area contributed by atoms with Gasteiger partial charge >= 0.3 is 0 Å². The summed E-state index contributed by atoms with van der Waals surface area (Å²) >= 11 is 0. The lowest BCUT2D eigenvalue weighted by molar-refractivity contribution is 0.180. The Morgan fingerprint density at radius 3 is 1.77 bits per heavy atom. The van der Waals surface area contributed by atoms with Crippen molar-refractivity contribution >= 4 is 54.4 Å². The summed E-state index contributed by atoms with van der Waals surface area (Å²) in [4.78, 5) is 2.65. The molecule has 1 saturated heterocycles. The van der Waals surface area contributed by atoms with Gasteiger partial charge in [-0.15, -0.1) is 0 Å². The maximum Gasteiger partial charge on any atom is 0.0562 e. The molecule has 1 fully saturated rings. The molecule has 1 aliphatic heterocycles. The number of benzene rings is 8. The van der Waals surface area contributed by atoms with Crippen LogP contribution in [0.1, 0.15) is 42.2 Å². The van der Waals surface area contributed by atoms with E-state index in [1.54, 1.807) is 0 Å². The molecule has 0 bridgehead atoms. The molecule has 0 amide bonds. The van der Waals surface area contributed by atoms with Gasteiger partial charge in [0.05, 0.1) is 22.1 Å². The topological polar surface area (TPSA) is 27.2 Å². The van der Waals surface area contributed by atoms with Crippen LogP contribution in [0.4, 0.5) is 0 Å². The van der Waals surface area contributed by atoms with Crippen LogP contribution in [0.5, 0.6) is 0 Å². The summed E-state index contributed by atoms with van der Waals surface area (Å²) in [6.45, 7) is 3.11. The lowest BCUT2D eigenvalue weighted by atomic mass is 9.98. The van der Waals surface area contributed by atoms with E-state index in [-0.39, 0.29) is 18.2 Å². The molecule has 56 heavy (non-hydrogen) atoms. The van der Waals surface area contributed by atoms with E-state index in [9.17, 15) is 0 Å². The van der Waals surface area contributed by atoms with Crippen LogP contribution in [0.2, 0.25) is 0 Å². The molecule has 3 unspecified atom stereocenters. The Hall–Kier alpha value is -6.46. The molecule has 0 spiro atoms. The molecule has 270 valence electrons. The first-order valence-electron chi connectivity index (χ1n) is 19.8. The predicted octanol–water partition coefficient (Wildman–Crippen LogP) is 13.4. The van der Waals surface area contributed by atoms with Crippen LogP contribution in [-0.4, -0.2) is 20.1 Å². The maximum absolute atomic E-state index is 5.62. The molecule has 3 heterocycles. The standard InChI is InChI=1S/C52H41N4/c1-2-46-51(37-18-5-3-6-19-37)53-52(39-29-28-36-17-9-10-20-38(36)31-39)54(46)34-35-16-15-23-41(30-35)56-48-27-14-12-25-43(48)45-32-44-42-24-11-13-26-47(42)55(49(44)33-50(45)56)40-21-7-4-8-22-40/h3-33,46,51-52H,2,34H2,1H3/q-1. The number of nitrogens with zero attached hydrogens (tertiary/aromatic N) is 4. The highest BCUT2D eigenvalue weighted by molar-refractivity contribution is 6.19. The normalized spacial score (nSPS) is 17.6. The zero-order valence-corrected chi connectivity index (χ0v) is 31.3. The molecule has 0 aliphatic carbocycles. The highest BCUT2D eigenvalue weighted by Gasteiger charge is 2.32. The third kappa shape index (κ3) is 5.29. The molecule has 0 radical (unpaired) electrons. The monoisotopic (exact) mass is 721 g/mol. The van der Waals surface area contributed by atoms with Gasteiger partial charge in [-0.25, -0.2) is 0 Å². The summed E-state index contributed by atoms with van der Waals surface area (Å²) in [6.07, 6.45) is 0.949. The van der Waals surface area contributed by atoms with Gasteiger partial charge < -0.3 is 19.4 Å². The van der Waals surface area contributed by atoms with E-state index in [0.29, 0.717) is 0 Å². The largest absolute Gasteiger partial charge is 0.635 e. The lowest BCUT2D eigenvalue weighted by Gasteiger charge is -2.35. The van der Waals surface area contributed by atoms with Gasteiger partial charge in [-0.05, 0) is 77.3 Å². The van der Waals surface area contributed by atoms with E-state index < -0.39 is 0 Å². The van der Waals surface area contributed by atoms with Gasteiger partial charge in [0.15, 0.2) is 0 Å². The first kappa shape index (κ1) is 32.9. The van der Waals surface area contributed by atoms with Gasteiger partial charge in [-0.3, -0.25) is 0 Å². The van der Waals surface area contributed by atoms with Crippen LogP contribution in [0.25, 0.3) is 71.1 Å². The number of rotatable bonds is 7. The minimum absolute atomic E-state index is 0.0557. The second-order valence-electron chi connectivity index (χ2n) is 15.2. The van der Waals surface area contributed by atoms with Crippen molar-refractivity contribution < 1.29 is 0 Å². The Labute approximate surface area is 326 Å². The minimum Gasteiger partial charge on any atom is -0.635 e. The molecular weight excluding hydrogens is 681 g/mol. The van der Waals surface area contributed by atoms with Crippen LogP contribution < -0.4 is 0 Å². The third-order valence-corrected chi connectivity index (χ3v) is 12.1. The summed E-state index contributed by atoms with van der Waals surface area (Å²) in [5.74, 6) is 0. The highest BCUT2D eigenvalue weighted by atomic mass is 15.4. The highest BCUT2D eigenvalue weighted by Crippen LogP contribution is 2.49. The minimum atomic E-state index is -0.0557. The first-order valence-corrected chi connectivity index (χ1v) is 19.8. The molecule has 3 atom stereocenters. The lowest BCUT2D eigenvalue weighted by Crippen LogP contribution is -2.33. The molecular formula is C52H41N4-. The predicted molar refractivity (Wildman–Crippen MR) is 234 cm³/mol. The van der Waals surface area contributed by atoms with Crippen molar-refractivity contribution in [1.82, 2.24) is 14.0 Å². The van der Waals surface area contributed by atoms with Crippen molar-refractivity contribution in [2.45, 2.75) is 38.1 Å². The summed E-state index contributed by atoms with van der Waals surface area (Å²) in [5, 5.41) is 13.2. The van der Waals surface area contributed by atoms with Crippen LogP contribution in [0.15, 0.2) is 188 Å². The summed E-state index contributed by atoms with van der Waals surface area (Å²) in [5.41, 5.74) is 11.0. The van der Waals surface area contributed by atoms with E-state index in [4.69, 9.17) is 5.32 Å². The average Bonchev–Trinajstić information content (AvgIpc) is 3.90. The summed E-state index contributed by atoms with van der Waals surface area (Å²) in [6, 6.07) is 69.2. The van der Waals surface area contributed by atoms with E-state index in [2.05, 4.69) is 209 Å². The molecule has 1 aliphatic rings. The molecule has 11 rings (SSSR count). The average molecular weight is 722 g/mol. The van der Waals surface area contributed by atoms with Gasteiger partial charge in [-0.2, -0.15) is 0 Å². The number of hydrogen-bond donors (Lipinski definition) is 0. The van der Waals surface area contributed by atoms with Gasteiger partial charge in [0, 0.05) is 39.5 Å². The van der Waals surface area contributed by atoms with Gasteiger partial charge in [0.2, 0.25) is 0 Å². The van der Waals surface area contributed by atoms with E-state index in [1.807, 2.05) is 0 Å². The second-order valence-corrected chi connectivity index (χ2v) is 15.2. The zero-order chi connectivity index (χ0) is 37.2. The second kappa shape index (κ2) is 13.4. The number of aromatic nitrogens is 2. The quantitative estimate of drug-likeness (QED) is 0.161. The fourth-order valence-electron chi connectivity index (χ4n) is 9.53. The zero-order valence-electron chi connectivity index (χ0n) is 31.3. The Kier molecular flexibility index (Phi) is 7.87. The number of fused-ring (bicyclic) bond motifs is 7. The number of para-hydroxylation sites is 3. The molecule has 8 aromatic carbocycles. The van der Waals surface area contributed by atoms with E-state index >= 15 is 0 Å². The van der Waals surface area contributed by atoms with E-state index in [1.165, 1.54) is 82.4 Å². The van der Waals surface area contributed by atoms with Gasteiger partial charge in [0.25, 0.3) is 0 Å². The van der Waals surface area contributed by atoms with Crippen molar-refractivity contribution in [3.63, 3.8) is 0 Å². The van der Waals surface area contributed by atoms with Gasteiger partial charge in [0.1, 0.15) is 0 Å². The van der Waals surface area contributed by atoms with Crippen LogP contribution in [0.3, 0.4) is 0 Å². The number of hydrogen-bond acceptors (Lipinski definition) is 1. The summed E-state index contributed by atoms with van der Waals surface area (Å²) in [7, 11) is 0. The fraction of sp³-hybridized carbons (Fsp3) is 0.115. The van der Waals surface area contributed by atoms with E-state index in [0.717, 1.165) is 13.0 Å². The Balaban J connectivity index is 1.06.